The molecule has 11 aliphatic heterocycles. The van der Waals surface area contributed by atoms with Gasteiger partial charge < -0.3 is 248 Å². The van der Waals surface area contributed by atoms with Crippen molar-refractivity contribution in [1.82, 2.24) is 10.6 Å². The minimum atomic E-state index is -3.17. The molecule has 0 spiro atoms. The topological polar surface area (TPSA) is 832 Å². The highest BCUT2D eigenvalue weighted by Crippen LogP contribution is 2.47. The highest BCUT2D eigenvalue weighted by Gasteiger charge is 2.66. The van der Waals surface area contributed by atoms with Crippen LogP contribution in [-0.2, 0) is 119 Å². The quantitative estimate of drug-likeness (QED) is 0.0253. The summed E-state index contributed by atoms with van der Waals surface area (Å²) in [6.45, 7) is 0.519. The highest BCUT2D eigenvalue weighted by molar-refractivity contribution is 8.00. The van der Waals surface area contributed by atoms with Crippen LogP contribution in [0.4, 0.5) is 0 Å². The van der Waals surface area contributed by atoms with Crippen molar-refractivity contribution in [3.8, 4) is 0 Å². The van der Waals surface area contributed by atoms with E-state index in [0.717, 1.165) is 37.4 Å². The van der Waals surface area contributed by atoms with Crippen molar-refractivity contribution in [2.45, 2.75) is 365 Å². The molecule has 0 aliphatic carbocycles. The van der Waals surface area contributed by atoms with Gasteiger partial charge in [0, 0.05) is 39.9 Å². The van der Waals surface area contributed by atoms with Crippen LogP contribution in [0.25, 0.3) is 0 Å². The van der Waals surface area contributed by atoms with Crippen LogP contribution in [0.15, 0.2) is 0 Å². The predicted octanol–water partition coefficient (Wildman–Crippen LogP) is -16.1. The van der Waals surface area contributed by atoms with Crippen molar-refractivity contribution in [3.05, 3.63) is 0 Å². The Bertz CT molecular complexity index is 3640. The van der Waals surface area contributed by atoms with Gasteiger partial charge in [-0.3, -0.25) is 9.59 Å². The highest BCUT2D eigenvalue weighted by atomic mass is 32.2. The van der Waals surface area contributed by atoms with Crippen molar-refractivity contribution < 1.29 is 257 Å². The number of carbonyl (C=O) groups is 4. The number of hydrogen-bond acceptors (Lipinski definition) is 52. The van der Waals surface area contributed by atoms with Crippen LogP contribution in [0.1, 0.15) is 67.2 Å². The molecule has 764 valence electrons. The Morgan fingerprint density at radius 3 is 1.19 bits per heavy atom. The number of rotatable bonds is 41. The van der Waals surface area contributed by atoms with Gasteiger partial charge in [-0.15, -0.1) is 23.5 Å². The van der Waals surface area contributed by atoms with Gasteiger partial charge in [-0.25, -0.2) is 9.59 Å². The largest absolute Gasteiger partial charge is 0.477 e. The van der Waals surface area contributed by atoms with Crippen molar-refractivity contribution in [3.63, 3.8) is 0 Å². The second-order valence-electron chi connectivity index (χ2n) is 34.7. The number of fused-ring (bicyclic) bond motifs is 3. The number of carboxylic acids is 2. The minimum Gasteiger partial charge on any atom is -0.477 e. The third-order valence-electron chi connectivity index (χ3n) is 24.2. The third kappa shape index (κ3) is 24.5. The number of hydrogen-bond donors (Lipinski definition) is 29. The molecule has 2 amide bonds. The maximum absolute atomic E-state index is 13.1. The van der Waals surface area contributed by atoms with Crippen LogP contribution in [-0.4, -0.2) is 543 Å². The number of thioether (sulfide) groups is 2. The lowest BCUT2D eigenvalue weighted by Crippen LogP contribution is -2.70. The molecule has 132 heavy (non-hydrogen) atoms. The molecule has 29 N–H and O–H groups in total. The van der Waals surface area contributed by atoms with E-state index in [-0.39, 0.29) is 37.6 Å². The molecule has 0 aromatic heterocycles. The Morgan fingerprint density at radius 1 is 0.386 bits per heavy atom. The molecule has 0 aromatic rings. The number of ether oxygens (including phenoxy) is 21. The van der Waals surface area contributed by atoms with E-state index in [2.05, 4.69) is 10.6 Å². The molecule has 56 heteroatoms. The van der Waals surface area contributed by atoms with Crippen molar-refractivity contribution in [1.29, 1.82) is 0 Å². The maximum atomic E-state index is 13.1. The van der Waals surface area contributed by atoms with Gasteiger partial charge in [0.2, 0.25) is 11.8 Å². The van der Waals surface area contributed by atoms with Crippen LogP contribution < -0.4 is 10.6 Å². The Balaban J connectivity index is 0.694. The lowest BCUT2D eigenvalue weighted by molar-refractivity contribution is -0.380. The fourth-order valence-corrected chi connectivity index (χ4v) is 19.6. The lowest BCUT2D eigenvalue weighted by Gasteiger charge is -2.50. The maximum Gasteiger partial charge on any atom is 0.364 e. The third-order valence-corrected chi connectivity index (χ3v) is 26.6. The van der Waals surface area contributed by atoms with E-state index in [4.69, 9.17) is 99.5 Å². The van der Waals surface area contributed by atoms with Crippen LogP contribution >= 0.6 is 23.5 Å². The summed E-state index contributed by atoms with van der Waals surface area (Å²) in [5.41, 5.74) is -2.72. The predicted molar refractivity (Wildman–Crippen MR) is 422 cm³/mol. The van der Waals surface area contributed by atoms with Crippen molar-refractivity contribution >= 4 is 47.3 Å². The first kappa shape index (κ1) is 109. The van der Waals surface area contributed by atoms with E-state index in [0.29, 0.717) is 0 Å². The Hall–Kier alpha value is -3.26. The first-order chi connectivity index (χ1) is 62.2. The number of nitrogens with one attached hydrogen (secondary N) is 2. The zero-order chi connectivity index (χ0) is 97.0. The van der Waals surface area contributed by atoms with Crippen LogP contribution in [0.5, 0.6) is 0 Å². The van der Waals surface area contributed by atoms with E-state index >= 15 is 0 Å². The molecule has 0 aromatic carbocycles. The summed E-state index contributed by atoms with van der Waals surface area (Å²) in [7, 11) is 0. The Morgan fingerprint density at radius 2 is 0.765 bits per heavy atom. The average molecular weight is 1960 g/mol. The SMILES string of the molecule is CC(=O)N[C@H]1[C@H]([C@H](O)[C@H](O)CO)O[C@@](O[C@H]2[C@@H](O)[C@@H](CO)O[C@@H](O[C@H]3[C@H](O)[C@@H](O)[C@H](SCCCOC[C@H]4O[C@H](O[C@H]5[C@H](O)[C@@H](O)[C@H](OC[C@H]6O[C@@H]7OC(C)(C)O[C@@H]7[C@H]7OC(C)(C)O[C@H]76)O[C@@H]5COCCCS[C@@H]5O[C@H](CO)[C@@H](O[C@@H]6O[C@H](CO)[C@H](O)[C@H](O[C@]7(C(=O)O)C[C@H](O)[C@@H](NC(C)=O)[C@H]([C@H](O)[C@H](O)CO)O7)[C@H]6O)[C@H](O)[C@H]5O)[C@H](O)[C@@H](O)[C@@H]4O)O[C@@H]3CO)[C@@H]2O)(C(=O)O)C[C@@H]1O. The molecule has 11 heterocycles. The number of amides is 2. The summed E-state index contributed by atoms with van der Waals surface area (Å²) in [5.74, 6) is -14.2. The normalized spacial score (nSPS) is 46.0. The minimum absolute atomic E-state index is 0.0291. The first-order valence-electron chi connectivity index (χ1n) is 42.8. The van der Waals surface area contributed by atoms with Crippen LogP contribution in [0, 0.1) is 0 Å². The van der Waals surface area contributed by atoms with E-state index in [1.54, 1.807) is 27.7 Å². The summed E-state index contributed by atoms with van der Waals surface area (Å²) in [4.78, 5) is 50.4. The number of aliphatic hydroxyl groups excluding tert-OH is 25. The average Bonchev–Trinajstić information content (AvgIpc) is 1.59. The molecule has 0 unspecified atom stereocenters. The van der Waals surface area contributed by atoms with Gasteiger partial charge in [-0.1, -0.05) is 0 Å². The molecule has 11 rings (SSSR count). The van der Waals surface area contributed by atoms with Gasteiger partial charge in [-0.05, 0) is 52.0 Å². The molecule has 0 bridgehead atoms. The van der Waals surface area contributed by atoms with Gasteiger partial charge in [0.25, 0.3) is 11.6 Å². The molecule has 0 radical (unpaired) electrons. The molecule has 47 atom stereocenters. The number of aliphatic hydroxyl groups is 25. The van der Waals surface area contributed by atoms with Crippen LogP contribution in [0.3, 0.4) is 0 Å². The zero-order valence-electron chi connectivity index (χ0n) is 72.1. The van der Waals surface area contributed by atoms with E-state index in [1.165, 1.54) is 0 Å². The molecule has 11 fully saturated rings. The molecule has 11 saturated heterocycles. The van der Waals surface area contributed by atoms with Gasteiger partial charge in [0.15, 0.2) is 43.0 Å². The van der Waals surface area contributed by atoms with Crippen molar-refractivity contribution in [2.75, 3.05) is 84.2 Å². The number of aliphatic carboxylic acids is 2. The summed E-state index contributed by atoms with van der Waals surface area (Å²) in [5, 5.41) is 301. The number of carboxylic acid groups (broad SMARTS) is 2. The summed E-state index contributed by atoms with van der Waals surface area (Å²) in [6, 6.07) is -3.30. The van der Waals surface area contributed by atoms with Gasteiger partial charge >= 0.3 is 11.9 Å². The summed E-state index contributed by atoms with van der Waals surface area (Å²) >= 11 is 1.78. The fraction of sp³-hybridized carbons (Fsp3) is 0.947. The van der Waals surface area contributed by atoms with Gasteiger partial charge in [0.1, 0.15) is 218 Å². The molecule has 54 nitrogen and oxygen atoms in total. The number of carbonyl (C=O) groups excluding carboxylic acids is 2. The molecular formula is C76H126N2O52S2. The smallest absolute Gasteiger partial charge is 0.364 e. The zero-order valence-corrected chi connectivity index (χ0v) is 73.7. The fourth-order valence-electron chi connectivity index (χ4n) is 17.4. The molecular weight excluding hydrogens is 1840 g/mol. The van der Waals surface area contributed by atoms with Gasteiger partial charge in [0.05, 0.1) is 83.8 Å². The Labute approximate surface area is 760 Å². The standard InChI is InChI=1S/C76H126N2O52S2/c1-24(85)77-37-26(87)13-75(71(106)107,126-58(37)39(91)28(89)15-79)128-60-42(94)30(17-81)113-66(52(60)104)120-54-32(19-83)118-69(50(102)46(54)98)131-11-7-9-110-21-34-41(93)44(96)48(100)65(115-34)122-56-35(116-64(49(101)45(56)97)112-23-36-57-62(124-73(3,4)123-57)63-68(117-36)130-74(5,6)125-63)22-111-10-8-12-132-70-51(103)47(99)55(33(20-84)119-70)121-67-53(105)61(43(95)31(18-82)114-67)129-76(72(108)109)14-27(88)38(78-25(2)86)59(127-76)40(92)29(90)16-80/h26-70,79-84,87-105H,7-23H2,1-6H3,(H,77,85)(H,78,86)(H,106,107)(H,108,109)/t26-,27-,28+,29+,30+,31+,32+,33+,34+,35+,36+,37+,38+,39+,40+,41+,42-,43-,44-,45+,46+,47+,48+,49+,50+,51+,52+,53+,54+,55+,56+,57-,58+,59+,60-,61-,62-,63+,64+,65+,66-,67-,68+,69-,70-,75-,76-/m0/s1. The second kappa shape index (κ2) is 46.6. The summed E-state index contributed by atoms with van der Waals surface area (Å²) in [6.07, 6.45) is -77.4. The van der Waals surface area contributed by atoms with E-state index < -0.39 is 393 Å². The molecule has 11 aliphatic rings. The first-order valence-corrected chi connectivity index (χ1v) is 44.9. The second-order valence-corrected chi connectivity index (χ2v) is 37.1. The molecule has 0 saturated carbocycles. The van der Waals surface area contributed by atoms with Crippen LogP contribution in [0.2, 0.25) is 0 Å². The van der Waals surface area contributed by atoms with Gasteiger partial charge in [-0.2, -0.15) is 0 Å². The lowest BCUT2D eigenvalue weighted by atomic mass is 9.88. The van der Waals surface area contributed by atoms with E-state index in [1.807, 2.05) is 0 Å². The monoisotopic (exact) mass is 1960 g/mol. The Kier molecular flexibility index (Phi) is 38.6. The summed E-state index contributed by atoms with van der Waals surface area (Å²) < 4.78 is 125. The van der Waals surface area contributed by atoms with E-state index in [9.17, 15) is 157 Å². The van der Waals surface area contributed by atoms with Crippen molar-refractivity contribution in [2.24, 2.45) is 0 Å².